The molecule has 2 aromatic rings. The van der Waals surface area contributed by atoms with Gasteiger partial charge in [0, 0.05) is 11.6 Å². The maximum atomic E-state index is 12.2. The number of nitrogens with one attached hydrogen (secondary N) is 2. The molecule has 0 aliphatic rings. The lowest BCUT2D eigenvalue weighted by Gasteiger charge is -2.18. The molecule has 0 heterocycles. The van der Waals surface area contributed by atoms with Crippen LogP contribution in [0.25, 0.3) is 0 Å². The van der Waals surface area contributed by atoms with Crippen molar-refractivity contribution >= 4 is 23.5 Å². The summed E-state index contributed by atoms with van der Waals surface area (Å²) in [4.78, 5) is 23.4. The molecule has 0 unspecified atom stereocenters. The third-order valence-corrected chi connectivity index (χ3v) is 4.04. The summed E-state index contributed by atoms with van der Waals surface area (Å²) in [6.45, 7) is 0.581. The Morgan fingerprint density at radius 3 is 2.36 bits per heavy atom. The van der Waals surface area contributed by atoms with Crippen molar-refractivity contribution < 1.29 is 9.59 Å². The first-order valence-electron chi connectivity index (χ1n) is 8.16. The van der Waals surface area contributed by atoms with Gasteiger partial charge in [0.15, 0.2) is 0 Å². The van der Waals surface area contributed by atoms with Crippen LogP contribution in [0.1, 0.15) is 30.0 Å². The lowest BCUT2D eigenvalue weighted by molar-refractivity contribution is -0.121. The molecule has 0 aromatic heterocycles. The molecule has 0 saturated heterocycles. The van der Waals surface area contributed by atoms with E-state index in [2.05, 4.69) is 22.8 Å². The van der Waals surface area contributed by atoms with Crippen LogP contribution in [0.3, 0.4) is 0 Å². The molecule has 4 N–H and O–H groups in total. The molecule has 132 valence electrons. The summed E-state index contributed by atoms with van der Waals surface area (Å²) in [5.41, 5.74) is 7.24. The Balaban J connectivity index is 1.82. The normalized spacial score (nSPS) is 11.6. The van der Waals surface area contributed by atoms with E-state index in [0.29, 0.717) is 11.6 Å². The number of primary amides is 1. The molecular weight excluding hydrogens is 338 g/mol. The number of carbonyl (C=O) groups is 2. The largest absolute Gasteiger partial charge is 0.356 e. The second-order valence-corrected chi connectivity index (χ2v) is 6.19. The van der Waals surface area contributed by atoms with Gasteiger partial charge >= 0.3 is 6.03 Å². The van der Waals surface area contributed by atoms with Crippen LogP contribution in [0.15, 0.2) is 54.6 Å². The Bertz CT molecular complexity index is 690. The van der Waals surface area contributed by atoms with E-state index in [4.69, 9.17) is 17.3 Å². The summed E-state index contributed by atoms with van der Waals surface area (Å²) in [6, 6.07) is 15.9. The Hall–Kier alpha value is -2.53. The van der Waals surface area contributed by atoms with Gasteiger partial charge in [-0.3, -0.25) is 4.79 Å². The van der Waals surface area contributed by atoms with Crippen LogP contribution in [0.4, 0.5) is 4.79 Å². The van der Waals surface area contributed by atoms with Gasteiger partial charge in [0.25, 0.3) is 0 Å². The maximum Gasteiger partial charge on any atom is 0.312 e. The highest BCUT2D eigenvalue weighted by Gasteiger charge is 2.17. The summed E-state index contributed by atoms with van der Waals surface area (Å²) in [7, 11) is 0. The molecule has 3 amide bonds. The number of urea groups is 1. The summed E-state index contributed by atoms with van der Waals surface area (Å²) in [5, 5.41) is 6.07. The minimum Gasteiger partial charge on any atom is -0.356 e. The standard InChI is InChI=1S/C19H22ClN3O2/c20-16-10-8-15(9-11-16)17(23-19(21)25)13-18(24)22-12-4-7-14-5-2-1-3-6-14/h1-3,5-6,8-11,17H,4,7,12-13H2,(H,22,24)(H3,21,23,25)/t17-/m0/s1. The van der Waals surface area contributed by atoms with Crippen molar-refractivity contribution in [3.8, 4) is 0 Å². The number of hydrogen-bond acceptors (Lipinski definition) is 2. The number of hydrogen-bond donors (Lipinski definition) is 3. The van der Waals surface area contributed by atoms with Crippen LogP contribution in [-0.2, 0) is 11.2 Å². The number of halogens is 1. The number of nitrogens with two attached hydrogens (primary N) is 1. The van der Waals surface area contributed by atoms with Gasteiger partial charge in [-0.25, -0.2) is 4.79 Å². The van der Waals surface area contributed by atoms with Gasteiger partial charge in [-0.05, 0) is 36.1 Å². The van der Waals surface area contributed by atoms with Crippen molar-refractivity contribution in [1.82, 2.24) is 10.6 Å². The van der Waals surface area contributed by atoms with E-state index >= 15 is 0 Å². The first kappa shape index (κ1) is 18.8. The van der Waals surface area contributed by atoms with Crippen LogP contribution in [0.5, 0.6) is 0 Å². The molecule has 0 saturated carbocycles. The number of carbonyl (C=O) groups excluding carboxylic acids is 2. The Kier molecular flexibility index (Phi) is 7.29. The van der Waals surface area contributed by atoms with Gasteiger partial charge in [-0.15, -0.1) is 0 Å². The molecule has 0 aliphatic heterocycles. The highest BCUT2D eigenvalue weighted by molar-refractivity contribution is 6.30. The van der Waals surface area contributed by atoms with Crippen LogP contribution < -0.4 is 16.4 Å². The summed E-state index contributed by atoms with van der Waals surface area (Å²) in [6.07, 6.45) is 1.88. The SMILES string of the molecule is NC(=O)N[C@@H](CC(=O)NCCCc1ccccc1)c1ccc(Cl)cc1. The predicted octanol–water partition coefficient (Wildman–Crippen LogP) is 3.19. The van der Waals surface area contributed by atoms with Crippen molar-refractivity contribution in [2.45, 2.75) is 25.3 Å². The molecule has 0 bridgehead atoms. The Labute approximate surface area is 152 Å². The number of rotatable bonds is 8. The van der Waals surface area contributed by atoms with Crippen LogP contribution in [0, 0.1) is 0 Å². The smallest absolute Gasteiger partial charge is 0.312 e. The molecule has 1 atom stereocenters. The Morgan fingerprint density at radius 2 is 1.72 bits per heavy atom. The fraction of sp³-hybridized carbons (Fsp3) is 0.263. The van der Waals surface area contributed by atoms with E-state index in [1.807, 2.05) is 18.2 Å². The molecule has 25 heavy (non-hydrogen) atoms. The zero-order valence-corrected chi connectivity index (χ0v) is 14.6. The fourth-order valence-corrected chi connectivity index (χ4v) is 2.67. The van der Waals surface area contributed by atoms with Crippen LogP contribution >= 0.6 is 11.6 Å². The van der Waals surface area contributed by atoms with Crippen molar-refractivity contribution in [2.75, 3.05) is 6.54 Å². The minimum atomic E-state index is -0.670. The molecule has 2 aromatic carbocycles. The molecule has 2 rings (SSSR count). The predicted molar refractivity (Wildman–Crippen MR) is 99.3 cm³/mol. The summed E-state index contributed by atoms with van der Waals surface area (Å²) >= 11 is 5.87. The molecule has 0 radical (unpaired) electrons. The quantitative estimate of drug-likeness (QED) is 0.632. The topological polar surface area (TPSA) is 84.2 Å². The van der Waals surface area contributed by atoms with E-state index in [1.54, 1.807) is 24.3 Å². The van der Waals surface area contributed by atoms with E-state index in [1.165, 1.54) is 5.56 Å². The first-order chi connectivity index (χ1) is 12.0. The van der Waals surface area contributed by atoms with E-state index < -0.39 is 12.1 Å². The Morgan fingerprint density at radius 1 is 1.04 bits per heavy atom. The molecule has 0 fully saturated rings. The second-order valence-electron chi connectivity index (χ2n) is 5.76. The zero-order valence-electron chi connectivity index (χ0n) is 13.9. The average molecular weight is 360 g/mol. The van der Waals surface area contributed by atoms with E-state index in [0.717, 1.165) is 18.4 Å². The van der Waals surface area contributed by atoms with Gasteiger partial charge in [0.2, 0.25) is 5.91 Å². The van der Waals surface area contributed by atoms with Gasteiger partial charge in [0.05, 0.1) is 12.5 Å². The highest BCUT2D eigenvalue weighted by atomic mass is 35.5. The zero-order chi connectivity index (χ0) is 18.1. The molecule has 5 nitrogen and oxygen atoms in total. The summed E-state index contributed by atoms with van der Waals surface area (Å²) in [5.74, 6) is -0.137. The van der Waals surface area contributed by atoms with Crippen molar-refractivity contribution in [3.05, 3.63) is 70.7 Å². The molecular formula is C19H22ClN3O2. The average Bonchev–Trinajstić information content (AvgIpc) is 2.59. The molecule has 0 spiro atoms. The van der Waals surface area contributed by atoms with Crippen molar-refractivity contribution in [1.29, 1.82) is 0 Å². The minimum absolute atomic E-state index is 0.121. The first-order valence-corrected chi connectivity index (χ1v) is 8.54. The molecule has 0 aliphatic carbocycles. The lowest BCUT2D eigenvalue weighted by Crippen LogP contribution is -2.36. The van der Waals surface area contributed by atoms with Gasteiger partial charge in [0.1, 0.15) is 0 Å². The number of benzene rings is 2. The summed E-state index contributed by atoms with van der Waals surface area (Å²) < 4.78 is 0. The fourth-order valence-electron chi connectivity index (χ4n) is 2.54. The van der Waals surface area contributed by atoms with Crippen molar-refractivity contribution in [3.63, 3.8) is 0 Å². The lowest BCUT2D eigenvalue weighted by atomic mass is 10.0. The second kappa shape index (κ2) is 9.69. The van der Waals surface area contributed by atoms with E-state index in [9.17, 15) is 9.59 Å². The maximum absolute atomic E-state index is 12.2. The van der Waals surface area contributed by atoms with Crippen LogP contribution in [-0.4, -0.2) is 18.5 Å². The number of aryl methyl sites for hydroxylation is 1. The van der Waals surface area contributed by atoms with Gasteiger partial charge < -0.3 is 16.4 Å². The highest BCUT2D eigenvalue weighted by Crippen LogP contribution is 2.19. The molecule has 6 heteroatoms. The number of amides is 3. The van der Waals surface area contributed by atoms with Gasteiger partial charge in [-0.2, -0.15) is 0 Å². The third-order valence-electron chi connectivity index (χ3n) is 3.79. The van der Waals surface area contributed by atoms with Gasteiger partial charge in [-0.1, -0.05) is 54.1 Å². The third kappa shape index (κ3) is 6.85. The van der Waals surface area contributed by atoms with Crippen molar-refractivity contribution in [2.24, 2.45) is 5.73 Å². The monoisotopic (exact) mass is 359 g/mol. The van der Waals surface area contributed by atoms with Crippen LogP contribution in [0.2, 0.25) is 5.02 Å². The van der Waals surface area contributed by atoms with E-state index in [-0.39, 0.29) is 12.3 Å².